The highest BCUT2D eigenvalue weighted by Gasteiger charge is 2.14. The number of para-hydroxylation sites is 1. The second-order valence-corrected chi connectivity index (χ2v) is 5.28. The third-order valence-electron chi connectivity index (χ3n) is 3.80. The van der Waals surface area contributed by atoms with Gasteiger partial charge in [0.25, 0.3) is 0 Å². The second kappa shape index (κ2) is 5.62. The molecular weight excluding hydrogens is 263 g/mol. The molecule has 2 nitrogen and oxygen atoms in total. The maximum atomic E-state index is 14.2. The van der Waals surface area contributed by atoms with Gasteiger partial charge < -0.3 is 5.73 Å². The van der Waals surface area contributed by atoms with Gasteiger partial charge in [0.2, 0.25) is 0 Å². The highest BCUT2D eigenvalue weighted by atomic mass is 19.1. The molecule has 3 rings (SSSR count). The molecule has 0 aliphatic heterocycles. The van der Waals surface area contributed by atoms with Crippen molar-refractivity contribution in [1.82, 2.24) is 4.98 Å². The number of nitrogens with two attached hydrogens (primary N) is 1. The van der Waals surface area contributed by atoms with Crippen molar-refractivity contribution in [3.05, 3.63) is 77.2 Å². The van der Waals surface area contributed by atoms with Gasteiger partial charge in [-0.05, 0) is 36.6 Å². The molecule has 2 N–H and O–H groups in total. The number of hydrogen-bond donors (Lipinski definition) is 1. The number of benzene rings is 2. The van der Waals surface area contributed by atoms with E-state index in [9.17, 15) is 4.39 Å². The van der Waals surface area contributed by atoms with Crippen LogP contribution < -0.4 is 5.73 Å². The minimum atomic E-state index is -0.365. The zero-order valence-corrected chi connectivity index (χ0v) is 11.9. The van der Waals surface area contributed by atoms with Gasteiger partial charge in [-0.1, -0.05) is 36.4 Å². The average molecular weight is 280 g/mol. The lowest BCUT2D eigenvalue weighted by Crippen LogP contribution is -2.15. The molecule has 3 heteroatoms. The van der Waals surface area contributed by atoms with E-state index < -0.39 is 0 Å². The summed E-state index contributed by atoms with van der Waals surface area (Å²) in [7, 11) is 0. The van der Waals surface area contributed by atoms with Crippen LogP contribution in [0.1, 0.15) is 22.7 Å². The summed E-state index contributed by atoms with van der Waals surface area (Å²) in [5, 5.41) is 1.07. The molecule has 0 saturated heterocycles. The van der Waals surface area contributed by atoms with Gasteiger partial charge in [-0.3, -0.25) is 4.98 Å². The van der Waals surface area contributed by atoms with Gasteiger partial charge >= 0.3 is 0 Å². The number of fused-ring (bicyclic) bond motifs is 1. The minimum Gasteiger partial charge on any atom is -0.324 e. The van der Waals surface area contributed by atoms with E-state index in [-0.39, 0.29) is 11.9 Å². The van der Waals surface area contributed by atoms with Gasteiger partial charge in [0.05, 0.1) is 5.52 Å². The Labute approximate surface area is 123 Å². The second-order valence-electron chi connectivity index (χ2n) is 5.28. The van der Waals surface area contributed by atoms with Crippen LogP contribution in [0.5, 0.6) is 0 Å². The highest BCUT2D eigenvalue weighted by molar-refractivity contribution is 5.81. The van der Waals surface area contributed by atoms with Crippen LogP contribution >= 0.6 is 0 Å². The SMILES string of the molecule is Cc1cccc(C(N)Cc2ccnc3ccccc23)c1F. The molecule has 1 aromatic heterocycles. The Morgan fingerprint density at radius 3 is 2.76 bits per heavy atom. The molecule has 1 heterocycles. The van der Waals surface area contributed by atoms with Crippen molar-refractivity contribution in [3.8, 4) is 0 Å². The summed E-state index contributed by atoms with van der Waals surface area (Å²) in [6.07, 6.45) is 2.36. The van der Waals surface area contributed by atoms with Crippen molar-refractivity contribution in [2.75, 3.05) is 0 Å². The molecule has 21 heavy (non-hydrogen) atoms. The molecule has 1 unspecified atom stereocenters. The number of rotatable bonds is 3. The molecule has 0 radical (unpaired) electrons. The molecule has 0 bridgehead atoms. The van der Waals surface area contributed by atoms with E-state index in [0.717, 1.165) is 16.5 Å². The third-order valence-corrected chi connectivity index (χ3v) is 3.80. The molecule has 3 aromatic rings. The summed E-state index contributed by atoms with van der Waals surface area (Å²) < 4.78 is 14.2. The maximum Gasteiger partial charge on any atom is 0.130 e. The fourth-order valence-electron chi connectivity index (χ4n) is 2.64. The van der Waals surface area contributed by atoms with Crippen LogP contribution in [-0.2, 0) is 6.42 Å². The van der Waals surface area contributed by atoms with Crippen molar-refractivity contribution >= 4 is 10.9 Å². The van der Waals surface area contributed by atoms with Gasteiger partial charge in [-0.2, -0.15) is 0 Å². The lowest BCUT2D eigenvalue weighted by molar-refractivity contribution is 0.573. The van der Waals surface area contributed by atoms with E-state index in [4.69, 9.17) is 5.73 Å². The number of hydrogen-bond acceptors (Lipinski definition) is 2. The Balaban J connectivity index is 1.97. The smallest absolute Gasteiger partial charge is 0.130 e. The van der Waals surface area contributed by atoms with Crippen LogP contribution in [-0.4, -0.2) is 4.98 Å². The predicted octanol–water partition coefficient (Wildman–Crippen LogP) is 3.92. The average Bonchev–Trinajstić information content (AvgIpc) is 2.50. The molecule has 106 valence electrons. The number of halogens is 1. The van der Waals surface area contributed by atoms with E-state index >= 15 is 0 Å². The Morgan fingerprint density at radius 2 is 1.90 bits per heavy atom. The van der Waals surface area contributed by atoms with Crippen molar-refractivity contribution in [2.24, 2.45) is 5.73 Å². The van der Waals surface area contributed by atoms with Crippen LogP contribution in [0.25, 0.3) is 10.9 Å². The summed E-state index contributed by atoms with van der Waals surface area (Å²) in [5.41, 5.74) is 9.45. The molecular formula is C18H17FN2. The van der Waals surface area contributed by atoms with E-state index in [1.54, 1.807) is 25.3 Å². The first-order chi connectivity index (χ1) is 10.2. The first-order valence-electron chi connectivity index (χ1n) is 7.00. The normalized spacial score (nSPS) is 12.5. The molecule has 2 aromatic carbocycles. The zero-order chi connectivity index (χ0) is 14.8. The van der Waals surface area contributed by atoms with E-state index in [1.165, 1.54) is 0 Å². The van der Waals surface area contributed by atoms with Crippen molar-refractivity contribution in [3.63, 3.8) is 0 Å². The molecule has 0 fully saturated rings. The fraction of sp³-hybridized carbons (Fsp3) is 0.167. The van der Waals surface area contributed by atoms with Crippen LogP contribution in [0, 0.1) is 12.7 Å². The summed E-state index contributed by atoms with van der Waals surface area (Å²) in [6, 6.07) is 14.9. The first-order valence-corrected chi connectivity index (χ1v) is 7.00. The monoisotopic (exact) mass is 280 g/mol. The number of aromatic nitrogens is 1. The van der Waals surface area contributed by atoms with Crippen LogP contribution in [0.15, 0.2) is 54.7 Å². The maximum absolute atomic E-state index is 14.2. The first kappa shape index (κ1) is 13.7. The van der Waals surface area contributed by atoms with E-state index in [0.29, 0.717) is 17.5 Å². The summed E-state index contributed by atoms with van der Waals surface area (Å²) in [5.74, 6) is -0.205. The quantitative estimate of drug-likeness (QED) is 0.789. The predicted molar refractivity (Wildman–Crippen MR) is 83.5 cm³/mol. The molecule has 0 saturated carbocycles. The standard InChI is InChI=1S/C18H17FN2/c1-12-5-4-7-15(18(12)19)16(20)11-13-9-10-21-17-8-3-2-6-14(13)17/h2-10,16H,11,20H2,1H3. The van der Waals surface area contributed by atoms with Gasteiger partial charge in [0.15, 0.2) is 0 Å². The Bertz CT molecular complexity index is 778. The van der Waals surface area contributed by atoms with Crippen molar-refractivity contribution in [2.45, 2.75) is 19.4 Å². The summed E-state index contributed by atoms with van der Waals surface area (Å²) >= 11 is 0. The molecule has 0 spiro atoms. The van der Waals surface area contributed by atoms with Gasteiger partial charge in [0, 0.05) is 23.2 Å². The molecule has 0 amide bonds. The Morgan fingerprint density at radius 1 is 1.10 bits per heavy atom. The van der Waals surface area contributed by atoms with Crippen molar-refractivity contribution in [1.29, 1.82) is 0 Å². The lowest BCUT2D eigenvalue weighted by Gasteiger charge is -2.15. The molecule has 1 atom stereocenters. The van der Waals surface area contributed by atoms with Gasteiger partial charge in [0.1, 0.15) is 5.82 Å². The van der Waals surface area contributed by atoms with Gasteiger partial charge in [-0.15, -0.1) is 0 Å². The largest absolute Gasteiger partial charge is 0.324 e. The zero-order valence-electron chi connectivity index (χ0n) is 11.9. The van der Waals surface area contributed by atoms with Crippen molar-refractivity contribution < 1.29 is 4.39 Å². The Kier molecular flexibility index (Phi) is 3.67. The molecule has 0 aliphatic carbocycles. The van der Waals surface area contributed by atoms with Crippen LogP contribution in [0.4, 0.5) is 4.39 Å². The van der Waals surface area contributed by atoms with E-state index in [2.05, 4.69) is 4.98 Å². The lowest BCUT2D eigenvalue weighted by atomic mass is 9.96. The van der Waals surface area contributed by atoms with Crippen LogP contribution in [0.2, 0.25) is 0 Å². The number of pyridine rings is 1. The number of nitrogens with zero attached hydrogens (tertiary/aromatic N) is 1. The van der Waals surface area contributed by atoms with Crippen LogP contribution in [0.3, 0.4) is 0 Å². The summed E-state index contributed by atoms with van der Waals surface area (Å²) in [6.45, 7) is 1.76. The van der Waals surface area contributed by atoms with E-state index in [1.807, 2.05) is 36.4 Å². The minimum absolute atomic E-state index is 0.205. The third kappa shape index (κ3) is 2.65. The number of aryl methyl sites for hydroxylation is 1. The topological polar surface area (TPSA) is 38.9 Å². The highest BCUT2D eigenvalue weighted by Crippen LogP contribution is 2.24. The fourth-order valence-corrected chi connectivity index (χ4v) is 2.64. The molecule has 0 aliphatic rings. The van der Waals surface area contributed by atoms with Gasteiger partial charge in [-0.25, -0.2) is 4.39 Å². The Hall–Kier alpha value is -2.26. The summed E-state index contributed by atoms with van der Waals surface area (Å²) in [4.78, 5) is 4.34.